The first kappa shape index (κ1) is 24.6. The van der Waals surface area contributed by atoms with Crippen molar-refractivity contribution in [2.75, 3.05) is 0 Å². The second kappa shape index (κ2) is 15.8. The van der Waals surface area contributed by atoms with Crippen molar-refractivity contribution in [2.45, 2.75) is 129 Å². The largest absolute Gasteiger partial charge is 0.376 e. The van der Waals surface area contributed by atoms with Crippen LogP contribution in [0.25, 0.3) is 0 Å². The Bertz CT molecular complexity index is 310. The van der Waals surface area contributed by atoms with Crippen molar-refractivity contribution in [1.29, 1.82) is 0 Å². The van der Waals surface area contributed by atoms with Crippen LogP contribution in [0.2, 0.25) is 0 Å². The monoisotopic (exact) mass is 355 g/mol. The summed E-state index contributed by atoms with van der Waals surface area (Å²) < 4.78 is 0. The third kappa shape index (κ3) is 15.6. The maximum atomic E-state index is 11.9. The number of nitrogens with two attached hydrogens (primary N) is 1. The molecule has 0 aromatic carbocycles. The van der Waals surface area contributed by atoms with Gasteiger partial charge in [-0.15, -0.1) is 0 Å². The summed E-state index contributed by atoms with van der Waals surface area (Å²) in [5.41, 5.74) is 4.19. The van der Waals surface area contributed by atoms with Crippen molar-refractivity contribution < 1.29 is 9.90 Å². The molecule has 0 heterocycles. The number of hydrogen-bond acceptors (Lipinski definition) is 3. The van der Waals surface area contributed by atoms with Crippen LogP contribution in [0.1, 0.15) is 124 Å². The molecule has 0 spiro atoms. The molecule has 0 radical (unpaired) electrons. The summed E-state index contributed by atoms with van der Waals surface area (Å²) in [6, 6.07) is 0. The van der Waals surface area contributed by atoms with Gasteiger partial charge in [-0.3, -0.25) is 4.79 Å². The Labute approximate surface area is 157 Å². The van der Waals surface area contributed by atoms with Gasteiger partial charge < -0.3 is 10.8 Å². The van der Waals surface area contributed by atoms with Crippen LogP contribution < -0.4 is 5.73 Å². The molecule has 0 aliphatic carbocycles. The maximum Gasteiger partial charge on any atom is 0.139 e. The Morgan fingerprint density at radius 2 is 1.12 bits per heavy atom. The molecule has 0 bridgehead atoms. The highest BCUT2D eigenvalue weighted by molar-refractivity contribution is 5.81. The van der Waals surface area contributed by atoms with Crippen LogP contribution in [0, 0.1) is 5.92 Å². The molecule has 0 aromatic rings. The molecule has 0 saturated carbocycles. The molecule has 3 heteroatoms. The first-order valence-corrected chi connectivity index (χ1v) is 10.9. The molecule has 0 amide bonds. The number of ketones is 1. The van der Waals surface area contributed by atoms with Gasteiger partial charge in [-0.25, -0.2) is 0 Å². The van der Waals surface area contributed by atoms with E-state index in [-0.39, 0.29) is 5.78 Å². The average Bonchev–Trinajstić information content (AvgIpc) is 2.56. The Hall–Kier alpha value is -0.410. The first-order valence-electron chi connectivity index (χ1n) is 10.9. The van der Waals surface area contributed by atoms with Gasteiger partial charge in [0.05, 0.1) is 5.92 Å². The number of rotatable bonds is 18. The van der Waals surface area contributed by atoms with Crippen molar-refractivity contribution in [2.24, 2.45) is 11.7 Å². The van der Waals surface area contributed by atoms with E-state index in [2.05, 4.69) is 6.92 Å². The average molecular weight is 356 g/mol. The molecule has 2 atom stereocenters. The lowest BCUT2D eigenvalue weighted by atomic mass is 9.92. The van der Waals surface area contributed by atoms with Gasteiger partial charge in [0.2, 0.25) is 0 Å². The van der Waals surface area contributed by atoms with Gasteiger partial charge in [0.25, 0.3) is 0 Å². The summed E-state index contributed by atoms with van der Waals surface area (Å²) in [6.07, 6.45) is 20.4. The Morgan fingerprint density at radius 3 is 1.44 bits per heavy atom. The van der Waals surface area contributed by atoms with E-state index in [9.17, 15) is 9.90 Å². The second-order valence-electron chi connectivity index (χ2n) is 8.11. The van der Waals surface area contributed by atoms with Crippen LogP contribution in [-0.2, 0) is 4.79 Å². The van der Waals surface area contributed by atoms with Crippen molar-refractivity contribution >= 4 is 5.78 Å². The minimum Gasteiger partial charge on any atom is -0.376 e. The minimum atomic E-state index is -1.38. The van der Waals surface area contributed by atoms with Crippen LogP contribution in [0.4, 0.5) is 0 Å². The van der Waals surface area contributed by atoms with Crippen LogP contribution in [-0.4, -0.2) is 16.6 Å². The molecule has 0 aromatic heterocycles. The Kier molecular flexibility index (Phi) is 15.6. The molecule has 150 valence electrons. The van der Waals surface area contributed by atoms with E-state index in [4.69, 9.17) is 5.73 Å². The van der Waals surface area contributed by atoms with E-state index in [0.717, 1.165) is 12.8 Å². The molecule has 0 rings (SSSR count). The lowest BCUT2D eigenvalue weighted by molar-refractivity contribution is -0.130. The van der Waals surface area contributed by atoms with Gasteiger partial charge in [0, 0.05) is 6.42 Å². The SMILES string of the molecule is CCCCCCCCCCCCCCCCCC(=O)C(C)C(C)(N)O. The van der Waals surface area contributed by atoms with Gasteiger partial charge in [-0.05, 0) is 13.3 Å². The normalized spacial score (nSPS) is 15.1. The van der Waals surface area contributed by atoms with Crippen molar-refractivity contribution in [1.82, 2.24) is 0 Å². The van der Waals surface area contributed by atoms with Crippen LogP contribution in [0.5, 0.6) is 0 Å². The molecule has 0 aliphatic heterocycles. The maximum absolute atomic E-state index is 11.9. The highest BCUT2D eigenvalue weighted by Crippen LogP contribution is 2.17. The molecule has 0 saturated heterocycles. The Balaban J connectivity index is 3.25. The number of unbranched alkanes of at least 4 members (excludes halogenated alkanes) is 14. The van der Waals surface area contributed by atoms with Gasteiger partial charge in [0.15, 0.2) is 0 Å². The van der Waals surface area contributed by atoms with Gasteiger partial charge in [-0.1, -0.05) is 104 Å². The van der Waals surface area contributed by atoms with E-state index in [1.165, 1.54) is 90.4 Å². The number of carbonyl (C=O) groups is 1. The van der Waals surface area contributed by atoms with Crippen molar-refractivity contribution in [3.05, 3.63) is 0 Å². The first-order chi connectivity index (χ1) is 11.9. The smallest absolute Gasteiger partial charge is 0.139 e. The summed E-state index contributed by atoms with van der Waals surface area (Å²) in [4.78, 5) is 11.9. The number of hydrogen-bond donors (Lipinski definition) is 2. The van der Waals surface area contributed by atoms with Gasteiger partial charge in [-0.2, -0.15) is 0 Å². The topological polar surface area (TPSA) is 63.3 Å². The fourth-order valence-corrected chi connectivity index (χ4v) is 3.21. The summed E-state index contributed by atoms with van der Waals surface area (Å²) in [5.74, 6) is -0.388. The molecule has 25 heavy (non-hydrogen) atoms. The molecule has 3 nitrogen and oxygen atoms in total. The summed E-state index contributed by atoms with van der Waals surface area (Å²) in [7, 11) is 0. The standard InChI is InChI=1S/C22H45NO2/c1-4-5-6-7-8-9-10-11-12-13-14-15-16-17-18-19-21(24)20(2)22(3,23)25/h20,25H,4-19,23H2,1-3H3. The molecule has 2 unspecified atom stereocenters. The fourth-order valence-electron chi connectivity index (χ4n) is 3.21. The van der Waals surface area contributed by atoms with Gasteiger partial charge in [0.1, 0.15) is 11.5 Å². The quantitative estimate of drug-likeness (QED) is 0.230. The third-order valence-corrected chi connectivity index (χ3v) is 5.39. The van der Waals surface area contributed by atoms with E-state index in [1.807, 2.05) is 0 Å². The molecule has 3 N–H and O–H groups in total. The zero-order chi connectivity index (χ0) is 19.0. The van der Waals surface area contributed by atoms with Crippen LogP contribution in [0.3, 0.4) is 0 Å². The molecule has 0 fully saturated rings. The highest BCUT2D eigenvalue weighted by atomic mass is 16.3. The van der Waals surface area contributed by atoms with Gasteiger partial charge >= 0.3 is 0 Å². The van der Waals surface area contributed by atoms with Crippen molar-refractivity contribution in [3.63, 3.8) is 0 Å². The molecular formula is C22H45NO2. The highest BCUT2D eigenvalue weighted by Gasteiger charge is 2.28. The number of Topliss-reactive ketones (excluding diaryl/α,β-unsaturated/α-hetero) is 1. The third-order valence-electron chi connectivity index (χ3n) is 5.39. The summed E-state index contributed by atoms with van der Waals surface area (Å²) >= 11 is 0. The minimum absolute atomic E-state index is 0.0854. The second-order valence-corrected chi connectivity index (χ2v) is 8.11. The zero-order valence-electron chi connectivity index (χ0n) is 17.3. The zero-order valence-corrected chi connectivity index (χ0v) is 17.3. The molecule has 0 aliphatic rings. The van der Waals surface area contributed by atoms with Crippen LogP contribution >= 0.6 is 0 Å². The van der Waals surface area contributed by atoms with E-state index in [0.29, 0.717) is 6.42 Å². The lowest BCUT2D eigenvalue weighted by Gasteiger charge is -2.24. The predicted octanol–water partition coefficient (Wildman–Crippen LogP) is 6.12. The van der Waals surface area contributed by atoms with Crippen LogP contribution in [0.15, 0.2) is 0 Å². The fraction of sp³-hybridized carbons (Fsp3) is 0.955. The van der Waals surface area contributed by atoms with E-state index >= 15 is 0 Å². The van der Waals surface area contributed by atoms with E-state index < -0.39 is 11.6 Å². The van der Waals surface area contributed by atoms with E-state index in [1.54, 1.807) is 6.92 Å². The number of carbonyl (C=O) groups excluding carboxylic acids is 1. The summed E-state index contributed by atoms with van der Waals surface area (Å²) in [6.45, 7) is 5.49. The molecular weight excluding hydrogens is 310 g/mol. The van der Waals surface area contributed by atoms with Crippen molar-refractivity contribution in [3.8, 4) is 0 Å². The lowest BCUT2D eigenvalue weighted by Crippen LogP contribution is -2.46. The predicted molar refractivity (Wildman–Crippen MR) is 109 cm³/mol. The Morgan fingerprint density at radius 1 is 0.800 bits per heavy atom. The number of aliphatic hydroxyl groups is 1. The summed E-state index contributed by atoms with van der Waals surface area (Å²) in [5, 5.41) is 9.64.